The van der Waals surface area contributed by atoms with E-state index in [0.717, 1.165) is 17.9 Å². The Hall–Kier alpha value is -5.18. The predicted molar refractivity (Wildman–Crippen MR) is 188 cm³/mol. The van der Waals surface area contributed by atoms with Gasteiger partial charge in [0.2, 0.25) is 12.3 Å². The molecule has 4 amide bonds. The first-order valence-electron chi connectivity index (χ1n) is 16.7. The van der Waals surface area contributed by atoms with Crippen LogP contribution in [0.15, 0.2) is 59.0 Å². The van der Waals surface area contributed by atoms with E-state index in [-0.39, 0.29) is 41.7 Å². The van der Waals surface area contributed by atoms with Crippen LogP contribution in [0.3, 0.4) is 0 Å². The number of methoxy groups -OCH3 is 1. The number of ether oxygens (including phenoxy) is 2. The molecule has 0 saturated carbocycles. The molecule has 2 atom stereocenters. The number of benzene rings is 2. The molecule has 1 heterocycles. The average Bonchev–Trinajstić information content (AvgIpc) is 3.63. The predicted octanol–water partition coefficient (Wildman–Crippen LogP) is 4.23. The molecule has 0 fully saturated rings. The van der Waals surface area contributed by atoms with Crippen LogP contribution in [-0.4, -0.2) is 77.7 Å². The van der Waals surface area contributed by atoms with E-state index in [2.05, 4.69) is 16.0 Å². The van der Waals surface area contributed by atoms with Gasteiger partial charge in [-0.1, -0.05) is 39.2 Å². The van der Waals surface area contributed by atoms with Gasteiger partial charge in [0.1, 0.15) is 23.5 Å². The van der Waals surface area contributed by atoms with Crippen molar-refractivity contribution in [2.45, 2.75) is 58.9 Å². The third kappa shape index (κ3) is 12.0. The maximum atomic E-state index is 13.5. The standard InChI is InChI=1S/C35H45N4O12P/c1-5-8-9-10-26(28(6-2)39(22-40)51-35(44)23-11-14-25(48-4)15-12-23)32(41)36-20-37-34(43)30-18-17-29(50-30)24-13-16-27(31(19-24)49-7-3)33(42)38-21-52(45,46)47/h11-19,22,26,28H,5-10,20-21H2,1-4H3,(H,36,41)(H,37,43)(H,38,42)(H2,45,46,47). The Morgan fingerprint density at radius 2 is 1.67 bits per heavy atom. The van der Waals surface area contributed by atoms with Crippen LogP contribution in [0, 0.1) is 5.92 Å². The number of unbranched alkanes of at least 4 members (excludes halogenated alkanes) is 2. The highest BCUT2D eigenvalue weighted by atomic mass is 31.2. The zero-order valence-electron chi connectivity index (χ0n) is 29.5. The number of hydrogen-bond donors (Lipinski definition) is 5. The minimum atomic E-state index is -4.47. The van der Waals surface area contributed by atoms with Gasteiger partial charge in [0, 0.05) is 5.56 Å². The first-order chi connectivity index (χ1) is 24.8. The molecule has 0 aliphatic rings. The summed E-state index contributed by atoms with van der Waals surface area (Å²) < 4.78 is 27.6. The van der Waals surface area contributed by atoms with E-state index in [0.29, 0.717) is 37.0 Å². The van der Waals surface area contributed by atoms with Crippen LogP contribution in [0.5, 0.6) is 11.5 Å². The fourth-order valence-corrected chi connectivity index (χ4v) is 5.60. The minimum Gasteiger partial charge on any atom is -0.497 e. The van der Waals surface area contributed by atoms with Crippen LogP contribution in [0.2, 0.25) is 0 Å². The van der Waals surface area contributed by atoms with Gasteiger partial charge in [-0.05, 0) is 68.3 Å². The van der Waals surface area contributed by atoms with Gasteiger partial charge < -0.3 is 44.5 Å². The smallest absolute Gasteiger partial charge is 0.363 e. The average molecular weight is 745 g/mol. The summed E-state index contributed by atoms with van der Waals surface area (Å²) in [7, 11) is -2.98. The summed E-state index contributed by atoms with van der Waals surface area (Å²) in [6, 6.07) is 12.7. The molecule has 0 aliphatic carbocycles. The second-order valence-electron chi connectivity index (χ2n) is 11.5. The molecule has 0 saturated heterocycles. The van der Waals surface area contributed by atoms with Crippen LogP contribution in [0.1, 0.15) is 84.1 Å². The van der Waals surface area contributed by atoms with Gasteiger partial charge in [-0.25, -0.2) is 4.79 Å². The third-order valence-corrected chi connectivity index (χ3v) is 8.45. The van der Waals surface area contributed by atoms with E-state index in [1.807, 2.05) is 6.92 Å². The Kier molecular flexibility index (Phi) is 15.9. The quantitative estimate of drug-likeness (QED) is 0.0340. The lowest BCUT2D eigenvalue weighted by Crippen LogP contribution is -2.49. The van der Waals surface area contributed by atoms with Gasteiger partial charge in [0.15, 0.2) is 5.76 Å². The fourth-order valence-electron chi connectivity index (χ4n) is 5.25. The maximum Gasteiger partial charge on any atom is 0.363 e. The molecule has 2 aromatic carbocycles. The number of furan rings is 1. The van der Waals surface area contributed by atoms with E-state index in [1.54, 1.807) is 26.0 Å². The molecule has 0 aliphatic heterocycles. The fraction of sp³-hybridized carbons (Fsp3) is 0.400. The number of rotatable bonds is 21. The summed E-state index contributed by atoms with van der Waals surface area (Å²) >= 11 is 0. The number of nitrogens with zero attached hydrogens (tertiary/aromatic N) is 1. The topological polar surface area (TPSA) is 223 Å². The van der Waals surface area contributed by atoms with Crippen LogP contribution < -0.4 is 25.4 Å². The van der Waals surface area contributed by atoms with Crippen molar-refractivity contribution in [2.75, 3.05) is 26.7 Å². The molecule has 17 heteroatoms. The Bertz CT molecular complexity index is 1720. The Balaban J connectivity index is 1.67. The normalized spacial score (nSPS) is 12.2. The molecule has 2 unspecified atom stereocenters. The maximum absolute atomic E-state index is 13.5. The Labute approximate surface area is 301 Å². The lowest BCUT2D eigenvalue weighted by molar-refractivity contribution is -0.171. The monoisotopic (exact) mass is 744 g/mol. The number of nitrogens with one attached hydrogen (secondary N) is 3. The third-order valence-electron chi connectivity index (χ3n) is 7.88. The molecular weight excluding hydrogens is 699 g/mol. The number of amides is 4. The number of carbonyl (C=O) groups is 5. The van der Waals surface area contributed by atoms with E-state index < -0.39 is 49.5 Å². The summed E-state index contributed by atoms with van der Waals surface area (Å²) in [6.07, 6.45) is 2.63. The highest BCUT2D eigenvalue weighted by Gasteiger charge is 2.33. The summed E-state index contributed by atoms with van der Waals surface area (Å²) in [5.74, 6) is -2.52. The van der Waals surface area contributed by atoms with Gasteiger partial charge in [0.25, 0.3) is 11.8 Å². The second-order valence-corrected chi connectivity index (χ2v) is 13.2. The lowest BCUT2D eigenvalue weighted by Gasteiger charge is -2.31. The van der Waals surface area contributed by atoms with Gasteiger partial charge >= 0.3 is 13.6 Å². The van der Waals surface area contributed by atoms with E-state index in [1.165, 1.54) is 49.6 Å². The Morgan fingerprint density at radius 1 is 0.942 bits per heavy atom. The molecule has 16 nitrogen and oxygen atoms in total. The van der Waals surface area contributed by atoms with Crippen molar-refractivity contribution in [3.05, 3.63) is 71.5 Å². The van der Waals surface area contributed by atoms with Gasteiger partial charge in [-0.15, -0.1) is 0 Å². The van der Waals surface area contributed by atoms with Crippen molar-refractivity contribution < 1.29 is 57.1 Å². The van der Waals surface area contributed by atoms with E-state index >= 15 is 0 Å². The summed E-state index contributed by atoms with van der Waals surface area (Å²) in [4.78, 5) is 87.5. The minimum absolute atomic E-state index is 0.0456. The molecule has 3 aromatic rings. The van der Waals surface area contributed by atoms with Crippen molar-refractivity contribution in [2.24, 2.45) is 5.92 Å². The lowest BCUT2D eigenvalue weighted by atomic mass is 9.90. The molecule has 0 spiro atoms. The van der Waals surface area contributed by atoms with E-state index in [4.69, 9.17) is 28.5 Å². The van der Waals surface area contributed by atoms with Crippen LogP contribution in [-0.2, 0) is 19.0 Å². The van der Waals surface area contributed by atoms with Crippen LogP contribution >= 0.6 is 7.60 Å². The zero-order valence-corrected chi connectivity index (χ0v) is 30.4. The second kappa shape index (κ2) is 20.0. The van der Waals surface area contributed by atoms with Gasteiger partial charge in [-0.3, -0.25) is 23.7 Å². The number of hydrogen-bond acceptors (Lipinski definition) is 10. The Morgan fingerprint density at radius 3 is 2.29 bits per heavy atom. The first kappa shape index (κ1) is 41.2. The summed E-state index contributed by atoms with van der Waals surface area (Å²) in [5, 5.41) is 8.30. The largest absolute Gasteiger partial charge is 0.497 e. The highest BCUT2D eigenvalue weighted by molar-refractivity contribution is 7.51. The molecule has 3 rings (SSSR count). The molecule has 0 radical (unpaired) electrons. The number of hydroxylamine groups is 2. The van der Waals surface area contributed by atoms with Crippen molar-refractivity contribution in [3.63, 3.8) is 0 Å². The summed E-state index contributed by atoms with van der Waals surface area (Å²) in [6.45, 7) is 5.41. The van der Waals surface area contributed by atoms with E-state index in [9.17, 15) is 28.5 Å². The summed E-state index contributed by atoms with van der Waals surface area (Å²) in [5.41, 5.74) is 0.688. The highest BCUT2D eigenvalue weighted by Crippen LogP contribution is 2.33. The zero-order chi connectivity index (χ0) is 38.3. The van der Waals surface area contributed by atoms with Crippen molar-refractivity contribution in [3.8, 4) is 22.8 Å². The van der Waals surface area contributed by atoms with Crippen molar-refractivity contribution in [1.29, 1.82) is 0 Å². The SMILES string of the molecule is CCCCCC(C(=O)NCNC(=O)c1ccc(-c2ccc(C(=O)NCP(=O)(O)O)c(OCC)c2)o1)C(CC)N(C=O)OC(=O)c1ccc(OC)cc1. The molecule has 1 aromatic heterocycles. The molecule has 52 heavy (non-hydrogen) atoms. The molecule has 5 N–H and O–H groups in total. The van der Waals surface area contributed by atoms with Crippen LogP contribution in [0.4, 0.5) is 0 Å². The molecule has 0 bridgehead atoms. The van der Waals surface area contributed by atoms with Gasteiger partial charge in [-0.2, -0.15) is 5.06 Å². The van der Waals surface area contributed by atoms with Gasteiger partial charge in [0.05, 0.1) is 43.5 Å². The molecule has 282 valence electrons. The number of carbonyl (C=O) groups excluding carboxylic acids is 5. The first-order valence-corrected chi connectivity index (χ1v) is 18.5. The van der Waals surface area contributed by atoms with Crippen molar-refractivity contribution >= 4 is 37.7 Å². The van der Waals surface area contributed by atoms with Crippen molar-refractivity contribution in [1.82, 2.24) is 21.0 Å². The molecular formula is C35H45N4O12P. The van der Waals surface area contributed by atoms with Crippen LogP contribution in [0.25, 0.3) is 11.3 Å².